The Labute approximate surface area is 223 Å². The topological polar surface area (TPSA) is 58.6 Å². The molecule has 0 bridgehead atoms. The predicted molar refractivity (Wildman–Crippen MR) is 148 cm³/mol. The molecular formula is C29H33ClN2O3S. The molecule has 0 aromatic heterocycles. The number of ether oxygens (including phenoxy) is 1. The number of carbonyl (C=O) groups excluding carboxylic acids is 2. The van der Waals surface area contributed by atoms with Crippen molar-refractivity contribution in [3.05, 3.63) is 101 Å². The Morgan fingerprint density at radius 1 is 0.944 bits per heavy atom. The van der Waals surface area contributed by atoms with Gasteiger partial charge in [-0.2, -0.15) is 0 Å². The van der Waals surface area contributed by atoms with Crippen LogP contribution in [0, 0.1) is 0 Å². The van der Waals surface area contributed by atoms with Crippen LogP contribution in [-0.2, 0) is 28.3 Å². The summed E-state index contributed by atoms with van der Waals surface area (Å²) in [6, 6.07) is 24.3. The molecule has 3 aromatic carbocycles. The number of nitrogens with zero attached hydrogens (tertiary/aromatic N) is 1. The zero-order chi connectivity index (χ0) is 25.9. The van der Waals surface area contributed by atoms with Gasteiger partial charge in [-0.25, -0.2) is 0 Å². The largest absolute Gasteiger partial charge is 0.497 e. The van der Waals surface area contributed by atoms with E-state index in [4.69, 9.17) is 16.3 Å². The number of carbonyl (C=O) groups is 2. The molecule has 3 rings (SSSR count). The standard InChI is InChI=1S/C29H33ClN2O3S/c1-21(2)31-29(34)27(17-22-9-5-4-6-10-22)32(18-23-11-8-14-26(16-23)35-3)28(33)20-36-19-24-12-7-13-25(30)15-24/h4-16,21,27H,17-20H2,1-3H3,(H,31,34). The summed E-state index contributed by atoms with van der Waals surface area (Å²) in [7, 11) is 1.61. The molecule has 0 aliphatic rings. The lowest BCUT2D eigenvalue weighted by Crippen LogP contribution is -2.52. The molecule has 0 fully saturated rings. The number of methoxy groups -OCH3 is 1. The van der Waals surface area contributed by atoms with E-state index in [-0.39, 0.29) is 23.6 Å². The maximum Gasteiger partial charge on any atom is 0.243 e. The fraction of sp³-hybridized carbons (Fsp3) is 0.310. The quantitative estimate of drug-likeness (QED) is 0.328. The molecule has 3 aromatic rings. The second-order valence-corrected chi connectivity index (χ2v) is 10.3. The van der Waals surface area contributed by atoms with E-state index in [1.807, 2.05) is 92.7 Å². The summed E-state index contributed by atoms with van der Waals surface area (Å²) in [5.74, 6) is 1.36. The fourth-order valence-corrected chi connectivity index (χ4v) is 4.94. The zero-order valence-corrected chi connectivity index (χ0v) is 22.5. The number of halogens is 1. The number of nitrogens with one attached hydrogen (secondary N) is 1. The van der Waals surface area contributed by atoms with E-state index in [0.717, 1.165) is 16.7 Å². The smallest absolute Gasteiger partial charge is 0.243 e. The predicted octanol–water partition coefficient (Wildman–Crippen LogP) is 5.75. The molecular weight excluding hydrogens is 492 g/mol. The van der Waals surface area contributed by atoms with Gasteiger partial charge in [0.2, 0.25) is 11.8 Å². The summed E-state index contributed by atoms with van der Waals surface area (Å²) in [6.45, 7) is 4.15. The van der Waals surface area contributed by atoms with Crippen LogP contribution in [-0.4, -0.2) is 41.7 Å². The van der Waals surface area contributed by atoms with Crippen LogP contribution >= 0.6 is 23.4 Å². The van der Waals surface area contributed by atoms with Crippen molar-refractivity contribution in [1.82, 2.24) is 10.2 Å². The van der Waals surface area contributed by atoms with E-state index in [2.05, 4.69) is 5.32 Å². The van der Waals surface area contributed by atoms with Gasteiger partial charge < -0.3 is 15.0 Å². The third kappa shape index (κ3) is 8.61. The maximum atomic E-state index is 13.6. The van der Waals surface area contributed by atoms with Gasteiger partial charge in [0.25, 0.3) is 0 Å². The van der Waals surface area contributed by atoms with Gasteiger partial charge >= 0.3 is 0 Å². The van der Waals surface area contributed by atoms with Crippen LogP contribution in [0.4, 0.5) is 0 Å². The van der Waals surface area contributed by atoms with Gasteiger partial charge in [0.15, 0.2) is 0 Å². The molecule has 5 nitrogen and oxygen atoms in total. The van der Waals surface area contributed by atoms with Gasteiger partial charge in [-0.1, -0.05) is 66.2 Å². The summed E-state index contributed by atoms with van der Waals surface area (Å²) in [4.78, 5) is 28.7. The van der Waals surface area contributed by atoms with Crippen molar-refractivity contribution < 1.29 is 14.3 Å². The van der Waals surface area contributed by atoms with Crippen LogP contribution in [0.15, 0.2) is 78.9 Å². The first kappa shape index (κ1) is 27.6. The van der Waals surface area contributed by atoms with Crippen LogP contribution in [0.25, 0.3) is 0 Å². The van der Waals surface area contributed by atoms with Crippen molar-refractivity contribution in [3.8, 4) is 5.75 Å². The fourth-order valence-electron chi connectivity index (χ4n) is 3.87. The van der Waals surface area contributed by atoms with E-state index in [1.54, 1.807) is 12.0 Å². The van der Waals surface area contributed by atoms with Gasteiger partial charge in [0.05, 0.1) is 12.9 Å². The average Bonchev–Trinajstić information content (AvgIpc) is 2.86. The minimum absolute atomic E-state index is 0.0400. The first-order chi connectivity index (χ1) is 17.4. The minimum Gasteiger partial charge on any atom is -0.497 e. The monoisotopic (exact) mass is 524 g/mol. The van der Waals surface area contributed by atoms with Gasteiger partial charge in [-0.3, -0.25) is 9.59 Å². The Balaban J connectivity index is 1.86. The normalized spacial score (nSPS) is 11.7. The first-order valence-corrected chi connectivity index (χ1v) is 13.5. The Bertz CT molecular complexity index is 1140. The minimum atomic E-state index is -0.653. The molecule has 1 atom stereocenters. The van der Waals surface area contributed by atoms with Crippen LogP contribution in [0.3, 0.4) is 0 Å². The number of rotatable bonds is 12. The summed E-state index contributed by atoms with van der Waals surface area (Å²) in [6.07, 6.45) is 0.425. The number of benzene rings is 3. The number of hydrogen-bond donors (Lipinski definition) is 1. The number of hydrogen-bond acceptors (Lipinski definition) is 4. The van der Waals surface area contributed by atoms with Gasteiger partial charge in [0, 0.05) is 29.8 Å². The molecule has 1 unspecified atom stereocenters. The van der Waals surface area contributed by atoms with Gasteiger partial charge in [0.1, 0.15) is 11.8 Å². The van der Waals surface area contributed by atoms with Crippen molar-refractivity contribution in [2.24, 2.45) is 0 Å². The van der Waals surface area contributed by atoms with Crippen LogP contribution in [0.5, 0.6) is 5.75 Å². The van der Waals surface area contributed by atoms with Crippen molar-refractivity contribution in [3.63, 3.8) is 0 Å². The Morgan fingerprint density at radius 2 is 1.64 bits per heavy atom. The van der Waals surface area contributed by atoms with E-state index >= 15 is 0 Å². The third-order valence-corrected chi connectivity index (χ3v) is 6.80. The Kier molecular flexibility index (Phi) is 10.7. The molecule has 0 spiro atoms. The second-order valence-electron chi connectivity index (χ2n) is 8.86. The Morgan fingerprint density at radius 3 is 2.33 bits per heavy atom. The van der Waals surface area contributed by atoms with Crippen molar-refractivity contribution in [2.45, 2.75) is 44.6 Å². The molecule has 1 N–H and O–H groups in total. The Hall–Kier alpha value is -2.96. The lowest BCUT2D eigenvalue weighted by Gasteiger charge is -2.32. The number of amides is 2. The van der Waals surface area contributed by atoms with Gasteiger partial charge in [-0.05, 0) is 54.8 Å². The maximum absolute atomic E-state index is 13.6. The van der Waals surface area contributed by atoms with Crippen molar-refractivity contribution in [2.75, 3.05) is 12.9 Å². The molecule has 2 amide bonds. The lowest BCUT2D eigenvalue weighted by atomic mass is 10.0. The first-order valence-electron chi connectivity index (χ1n) is 11.9. The highest BCUT2D eigenvalue weighted by molar-refractivity contribution is 7.99. The lowest BCUT2D eigenvalue weighted by molar-refractivity contribution is -0.139. The van der Waals surface area contributed by atoms with Gasteiger partial charge in [-0.15, -0.1) is 11.8 Å². The molecule has 7 heteroatoms. The molecule has 0 saturated carbocycles. The van der Waals surface area contributed by atoms with Crippen LogP contribution in [0.1, 0.15) is 30.5 Å². The molecule has 190 valence electrons. The molecule has 0 heterocycles. The summed E-state index contributed by atoms with van der Waals surface area (Å²) >= 11 is 7.62. The highest BCUT2D eigenvalue weighted by Crippen LogP contribution is 2.21. The summed E-state index contributed by atoms with van der Waals surface area (Å²) in [5.41, 5.74) is 2.95. The van der Waals surface area contributed by atoms with Crippen LogP contribution < -0.4 is 10.1 Å². The number of thioether (sulfide) groups is 1. The summed E-state index contributed by atoms with van der Waals surface area (Å²) in [5, 5.41) is 3.69. The average molecular weight is 525 g/mol. The van der Waals surface area contributed by atoms with E-state index < -0.39 is 6.04 Å². The third-order valence-electron chi connectivity index (χ3n) is 5.57. The molecule has 0 saturated heterocycles. The molecule has 0 aliphatic heterocycles. The molecule has 36 heavy (non-hydrogen) atoms. The summed E-state index contributed by atoms with van der Waals surface area (Å²) < 4.78 is 5.38. The van der Waals surface area contributed by atoms with Crippen molar-refractivity contribution >= 4 is 35.2 Å². The zero-order valence-electron chi connectivity index (χ0n) is 20.9. The highest BCUT2D eigenvalue weighted by Gasteiger charge is 2.30. The molecule has 0 aliphatic carbocycles. The highest BCUT2D eigenvalue weighted by atomic mass is 35.5. The molecule has 0 radical (unpaired) electrons. The van der Waals surface area contributed by atoms with Crippen molar-refractivity contribution in [1.29, 1.82) is 0 Å². The second kappa shape index (κ2) is 14.0. The van der Waals surface area contributed by atoms with E-state index in [1.165, 1.54) is 11.8 Å². The van der Waals surface area contributed by atoms with E-state index in [0.29, 0.717) is 29.5 Å². The van der Waals surface area contributed by atoms with E-state index in [9.17, 15) is 9.59 Å². The SMILES string of the molecule is COc1cccc(CN(C(=O)CSCc2cccc(Cl)c2)C(Cc2ccccc2)C(=O)NC(C)C)c1. The van der Waals surface area contributed by atoms with Crippen LogP contribution in [0.2, 0.25) is 5.02 Å².